The van der Waals surface area contributed by atoms with Gasteiger partial charge in [0.1, 0.15) is 0 Å². The van der Waals surface area contributed by atoms with Crippen LogP contribution in [0.1, 0.15) is 24.8 Å². The molecule has 124 valence electrons. The standard InChI is InChI=1S/C17H26N2O2.ClH/c1-19(10-7-14-8-11-21-12-9-14)17(20)16(18)13-15-5-3-2-4-6-15;/h2-6,14,16H,7-13,18H2,1H3;1H/t16-;/m0./s1. The zero-order chi connectivity index (χ0) is 15.1. The van der Waals surface area contributed by atoms with Crippen LogP contribution in [0.5, 0.6) is 0 Å². The SMILES string of the molecule is CN(CCC1CCOCC1)C(=O)[C@@H](N)Cc1ccccc1.Cl. The van der Waals surface area contributed by atoms with Crippen LogP contribution in [-0.4, -0.2) is 43.7 Å². The smallest absolute Gasteiger partial charge is 0.239 e. The Balaban J connectivity index is 0.00000242. The fourth-order valence-corrected chi connectivity index (χ4v) is 2.76. The van der Waals surface area contributed by atoms with Crippen molar-refractivity contribution in [3.63, 3.8) is 0 Å². The fourth-order valence-electron chi connectivity index (χ4n) is 2.76. The first kappa shape index (κ1) is 18.9. The Morgan fingerprint density at radius 1 is 1.32 bits per heavy atom. The van der Waals surface area contributed by atoms with E-state index in [9.17, 15) is 4.79 Å². The highest BCUT2D eigenvalue weighted by Crippen LogP contribution is 2.18. The normalized spacial score (nSPS) is 16.6. The molecule has 1 aliphatic heterocycles. The van der Waals surface area contributed by atoms with Gasteiger partial charge in [-0.25, -0.2) is 0 Å². The summed E-state index contributed by atoms with van der Waals surface area (Å²) in [4.78, 5) is 14.1. The summed E-state index contributed by atoms with van der Waals surface area (Å²) in [7, 11) is 1.85. The van der Waals surface area contributed by atoms with Crippen LogP contribution >= 0.6 is 12.4 Å². The van der Waals surface area contributed by atoms with Gasteiger partial charge >= 0.3 is 0 Å². The average Bonchev–Trinajstić information content (AvgIpc) is 2.53. The van der Waals surface area contributed by atoms with Crippen molar-refractivity contribution in [3.8, 4) is 0 Å². The van der Waals surface area contributed by atoms with Crippen molar-refractivity contribution in [1.82, 2.24) is 4.90 Å². The van der Waals surface area contributed by atoms with E-state index in [1.54, 1.807) is 4.90 Å². The van der Waals surface area contributed by atoms with Gasteiger partial charge in [0.25, 0.3) is 0 Å². The maximum Gasteiger partial charge on any atom is 0.239 e. The van der Waals surface area contributed by atoms with Crippen molar-refractivity contribution in [2.45, 2.75) is 31.7 Å². The predicted octanol–water partition coefficient (Wildman–Crippen LogP) is 2.25. The van der Waals surface area contributed by atoms with E-state index in [0.29, 0.717) is 12.3 Å². The summed E-state index contributed by atoms with van der Waals surface area (Å²) in [5, 5.41) is 0. The molecule has 0 radical (unpaired) electrons. The first-order valence-corrected chi connectivity index (χ1v) is 7.79. The number of nitrogens with zero attached hydrogens (tertiary/aromatic N) is 1. The van der Waals surface area contributed by atoms with Crippen LogP contribution in [0.3, 0.4) is 0 Å². The van der Waals surface area contributed by atoms with E-state index in [1.165, 1.54) is 0 Å². The van der Waals surface area contributed by atoms with Gasteiger partial charge in [0.05, 0.1) is 6.04 Å². The number of hydrogen-bond donors (Lipinski definition) is 1. The highest BCUT2D eigenvalue weighted by molar-refractivity contribution is 5.85. The number of halogens is 1. The van der Waals surface area contributed by atoms with Crippen LogP contribution in [0.25, 0.3) is 0 Å². The number of carbonyl (C=O) groups excluding carboxylic acids is 1. The highest BCUT2D eigenvalue weighted by atomic mass is 35.5. The Morgan fingerprint density at radius 2 is 1.95 bits per heavy atom. The minimum Gasteiger partial charge on any atom is -0.381 e. The molecule has 2 rings (SSSR count). The number of benzene rings is 1. The van der Waals surface area contributed by atoms with Gasteiger partial charge in [-0.2, -0.15) is 0 Å². The van der Waals surface area contributed by atoms with E-state index in [-0.39, 0.29) is 18.3 Å². The number of ether oxygens (including phenoxy) is 1. The number of carbonyl (C=O) groups is 1. The monoisotopic (exact) mass is 326 g/mol. The topological polar surface area (TPSA) is 55.6 Å². The summed E-state index contributed by atoms with van der Waals surface area (Å²) >= 11 is 0. The molecule has 2 N–H and O–H groups in total. The second-order valence-corrected chi connectivity index (χ2v) is 5.90. The molecule has 22 heavy (non-hydrogen) atoms. The maximum atomic E-state index is 12.3. The van der Waals surface area contributed by atoms with E-state index in [2.05, 4.69) is 0 Å². The number of nitrogens with two attached hydrogens (primary N) is 1. The molecule has 1 saturated heterocycles. The molecule has 1 aromatic rings. The zero-order valence-electron chi connectivity index (χ0n) is 13.2. The zero-order valence-corrected chi connectivity index (χ0v) is 14.1. The molecular weight excluding hydrogens is 300 g/mol. The summed E-state index contributed by atoms with van der Waals surface area (Å²) < 4.78 is 5.36. The molecule has 0 unspecified atom stereocenters. The van der Waals surface area contributed by atoms with Gasteiger partial charge in [0, 0.05) is 26.8 Å². The van der Waals surface area contributed by atoms with Crippen LogP contribution in [0.15, 0.2) is 30.3 Å². The van der Waals surface area contributed by atoms with Gasteiger partial charge in [-0.3, -0.25) is 4.79 Å². The Bertz CT molecular complexity index is 436. The van der Waals surface area contributed by atoms with E-state index in [0.717, 1.165) is 44.6 Å². The lowest BCUT2D eigenvalue weighted by atomic mass is 9.96. The maximum absolute atomic E-state index is 12.3. The van der Waals surface area contributed by atoms with Crippen molar-refractivity contribution < 1.29 is 9.53 Å². The third-order valence-corrected chi connectivity index (χ3v) is 4.21. The quantitative estimate of drug-likeness (QED) is 0.872. The first-order valence-electron chi connectivity index (χ1n) is 7.79. The number of likely N-dealkylation sites (N-methyl/N-ethyl adjacent to an activating group) is 1. The summed E-state index contributed by atoms with van der Waals surface area (Å²) in [5.41, 5.74) is 7.16. The summed E-state index contributed by atoms with van der Waals surface area (Å²) in [6, 6.07) is 9.48. The Hall–Kier alpha value is -1.10. The van der Waals surface area contributed by atoms with Gasteiger partial charge in [0.2, 0.25) is 5.91 Å². The van der Waals surface area contributed by atoms with Gasteiger partial charge in [-0.15, -0.1) is 12.4 Å². The Labute approximate surface area is 139 Å². The van der Waals surface area contributed by atoms with Crippen LogP contribution in [0, 0.1) is 5.92 Å². The summed E-state index contributed by atoms with van der Waals surface area (Å²) in [6.45, 7) is 2.50. The Kier molecular flexibility index (Phi) is 8.46. The molecule has 0 aromatic heterocycles. The lowest BCUT2D eigenvalue weighted by molar-refractivity contribution is -0.131. The molecule has 1 amide bonds. The molecule has 0 bridgehead atoms. The second-order valence-electron chi connectivity index (χ2n) is 5.90. The van der Waals surface area contributed by atoms with Crippen LogP contribution in [0.4, 0.5) is 0 Å². The van der Waals surface area contributed by atoms with E-state index < -0.39 is 6.04 Å². The van der Waals surface area contributed by atoms with E-state index in [1.807, 2.05) is 37.4 Å². The molecule has 0 spiro atoms. The molecule has 0 saturated carbocycles. The van der Waals surface area contributed by atoms with Gasteiger partial charge in [-0.1, -0.05) is 30.3 Å². The highest BCUT2D eigenvalue weighted by Gasteiger charge is 2.20. The summed E-state index contributed by atoms with van der Waals surface area (Å²) in [6.07, 6.45) is 3.86. The molecule has 5 heteroatoms. The molecule has 1 aliphatic rings. The molecular formula is C17H27ClN2O2. The van der Waals surface area contributed by atoms with Gasteiger partial charge in [0.15, 0.2) is 0 Å². The van der Waals surface area contributed by atoms with Crippen molar-refractivity contribution >= 4 is 18.3 Å². The lowest BCUT2D eigenvalue weighted by Gasteiger charge is -2.26. The predicted molar refractivity (Wildman–Crippen MR) is 91.2 cm³/mol. The number of hydrogen-bond acceptors (Lipinski definition) is 3. The van der Waals surface area contributed by atoms with Crippen LogP contribution in [0.2, 0.25) is 0 Å². The van der Waals surface area contributed by atoms with Crippen molar-refractivity contribution in [3.05, 3.63) is 35.9 Å². The minimum absolute atomic E-state index is 0. The lowest BCUT2D eigenvalue weighted by Crippen LogP contribution is -2.43. The van der Waals surface area contributed by atoms with Crippen LogP contribution < -0.4 is 5.73 Å². The first-order chi connectivity index (χ1) is 10.2. The molecule has 1 fully saturated rings. The van der Waals surface area contributed by atoms with Crippen molar-refractivity contribution in [2.75, 3.05) is 26.8 Å². The molecule has 4 nitrogen and oxygen atoms in total. The minimum atomic E-state index is -0.452. The average molecular weight is 327 g/mol. The van der Waals surface area contributed by atoms with Crippen LogP contribution in [-0.2, 0) is 16.0 Å². The van der Waals surface area contributed by atoms with Crippen molar-refractivity contribution in [1.29, 1.82) is 0 Å². The molecule has 1 heterocycles. The number of rotatable bonds is 6. The largest absolute Gasteiger partial charge is 0.381 e. The molecule has 1 atom stereocenters. The summed E-state index contributed by atoms with van der Waals surface area (Å²) in [5.74, 6) is 0.713. The van der Waals surface area contributed by atoms with E-state index in [4.69, 9.17) is 10.5 Å². The van der Waals surface area contributed by atoms with Crippen molar-refractivity contribution in [2.24, 2.45) is 11.7 Å². The third kappa shape index (κ3) is 5.95. The Morgan fingerprint density at radius 3 is 2.59 bits per heavy atom. The molecule has 1 aromatic carbocycles. The number of amides is 1. The third-order valence-electron chi connectivity index (χ3n) is 4.21. The fraction of sp³-hybridized carbons (Fsp3) is 0.588. The van der Waals surface area contributed by atoms with Gasteiger partial charge in [-0.05, 0) is 37.2 Å². The second kappa shape index (κ2) is 9.82. The van der Waals surface area contributed by atoms with E-state index >= 15 is 0 Å². The van der Waals surface area contributed by atoms with Gasteiger partial charge < -0.3 is 15.4 Å². The molecule has 0 aliphatic carbocycles.